The molecule has 0 aromatic heterocycles. The first-order valence-electron chi connectivity index (χ1n) is 30.7. The van der Waals surface area contributed by atoms with Crippen molar-refractivity contribution in [2.75, 3.05) is 40.9 Å². The Balaban J connectivity index is 4.15. The summed E-state index contributed by atoms with van der Waals surface area (Å²) in [7, 11) is 1.21. The number of carbonyl (C=O) groups excluding carboxylic acids is 1. The number of phosphoric ester groups is 1. The van der Waals surface area contributed by atoms with Crippen molar-refractivity contribution in [1.29, 1.82) is 0 Å². The Morgan fingerprint density at radius 3 is 1.21 bits per heavy atom. The molecule has 0 spiro atoms. The molecule has 8 nitrogen and oxygen atoms in total. The van der Waals surface area contributed by atoms with Crippen LogP contribution >= 0.6 is 7.82 Å². The molecule has 0 rings (SSSR count). The van der Waals surface area contributed by atoms with Gasteiger partial charge in [0.1, 0.15) is 13.2 Å². The maximum Gasteiger partial charge on any atom is 0.268 e. The van der Waals surface area contributed by atoms with Gasteiger partial charge >= 0.3 is 0 Å². The third kappa shape index (κ3) is 59.9. The average Bonchev–Trinajstić information content (AvgIpc) is 3.39. The predicted octanol–water partition coefficient (Wildman–Crippen LogP) is 18.6. The van der Waals surface area contributed by atoms with Gasteiger partial charge in [0.05, 0.1) is 39.9 Å². The minimum Gasteiger partial charge on any atom is -0.756 e. The van der Waals surface area contributed by atoms with E-state index in [1.807, 2.05) is 27.2 Å². The van der Waals surface area contributed by atoms with E-state index in [0.717, 1.165) is 109 Å². The molecule has 3 unspecified atom stereocenters. The molecule has 0 fully saturated rings. The van der Waals surface area contributed by atoms with E-state index in [1.54, 1.807) is 6.08 Å². The first kappa shape index (κ1) is 73.4. The van der Waals surface area contributed by atoms with Crippen molar-refractivity contribution in [3.05, 3.63) is 146 Å². The number of nitrogens with zero attached hydrogens (tertiary/aromatic N) is 1. The lowest BCUT2D eigenvalue weighted by Gasteiger charge is -2.29. The quantitative estimate of drug-likeness (QED) is 0.0272. The standard InChI is InChI=1S/C68H115N2O6P/c1-6-8-10-12-14-16-18-20-22-24-25-26-27-28-29-30-31-32-33-34-35-36-37-38-39-40-41-42-43-44-45-46-48-50-52-54-56-58-60-62-68(72)69-66(65-76-77(73,74)75-64-63-70(3,4)5)67(71)61-59-57-55-53-51-49-47-23-21-19-17-15-13-11-9-7-2/h8,10,14,16,20-23,25-26,28-29,31-32,34-35,37-38,40-41,51,53,59,61,66-67,71H,6-7,9,11-13,15,17-19,24,27,30,33,36,39,42-50,52,54-58,60,62-65H2,1-5H3,(H-,69,72,73,74)/b10-8-,16-14-,22-20-,23-21+,26-25-,29-28-,32-31-,35-34-,38-37-,41-40-,53-51+,61-59+. The number of unbranched alkanes of at least 4 members (excludes halogenated alkanes) is 19. The van der Waals surface area contributed by atoms with Gasteiger partial charge in [0.15, 0.2) is 0 Å². The van der Waals surface area contributed by atoms with Crippen LogP contribution in [0.3, 0.4) is 0 Å². The fraction of sp³-hybridized carbons (Fsp3) is 0.632. The first-order chi connectivity index (χ1) is 37.5. The van der Waals surface area contributed by atoms with Crippen molar-refractivity contribution in [3.8, 4) is 0 Å². The Morgan fingerprint density at radius 1 is 0.468 bits per heavy atom. The Labute approximate surface area is 474 Å². The summed E-state index contributed by atoms with van der Waals surface area (Å²) in [6, 6.07) is -0.921. The molecule has 3 atom stereocenters. The second-order valence-electron chi connectivity index (χ2n) is 21.3. The number of rotatable bonds is 54. The summed E-state index contributed by atoms with van der Waals surface area (Å²) >= 11 is 0. The minimum absolute atomic E-state index is 0.0163. The van der Waals surface area contributed by atoms with Crippen LogP contribution in [0.5, 0.6) is 0 Å². The number of amides is 1. The third-order valence-electron chi connectivity index (χ3n) is 12.8. The smallest absolute Gasteiger partial charge is 0.268 e. The van der Waals surface area contributed by atoms with Gasteiger partial charge in [-0.25, -0.2) is 0 Å². The molecule has 0 radical (unpaired) electrons. The van der Waals surface area contributed by atoms with E-state index < -0.39 is 26.6 Å². The molecule has 0 saturated carbocycles. The molecule has 0 bridgehead atoms. The number of carbonyl (C=O) groups is 1. The lowest BCUT2D eigenvalue weighted by atomic mass is 10.0. The lowest BCUT2D eigenvalue weighted by Crippen LogP contribution is -2.45. The zero-order valence-corrected chi connectivity index (χ0v) is 50.7. The van der Waals surface area contributed by atoms with Crippen molar-refractivity contribution in [1.82, 2.24) is 5.32 Å². The number of aliphatic hydroxyl groups excluding tert-OH is 1. The van der Waals surface area contributed by atoms with E-state index in [2.05, 4.69) is 153 Å². The van der Waals surface area contributed by atoms with Crippen LogP contribution in [0.15, 0.2) is 146 Å². The fourth-order valence-corrected chi connectivity index (χ4v) is 8.72. The van der Waals surface area contributed by atoms with Crippen molar-refractivity contribution in [2.24, 2.45) is 0 Å². The number of aliphatic hydroxyl groups is 1. The number of phosphoric acid groups is 1. The second kappa shape index (κ2) is 57.1. The highest BCUT2D eigenvalue weighted by molar-refractivity contribution is 7.45. The topological polar surface area (TPSA) is 108 Å². The molecular weight excluding hydrogens is 972 g/mol. The molecule has 438 valence electrons. The molecule has 9 heteroatoms. The number of likely N-dealkylation sites (N-methyl/N-ethyl adjacent to an activating group) is 1. The average molecular weight is 1090 g/mol. The molecule has 0 aromatic rings. The summed E-state index contributed by atoms with van der Waals surface area (Å²) in [4.78, 5) is 25.5. The van der Waals surface area contributed by atoms with Gasteiger partial charge < -0.3 is 28.8 Å². The SMILES string of the molecule is CC/C=C\C/C=C\C/C=C\C/C=C\C/C=C\C/C=C\C/C=C\C/C=C\C/C=C\CCCCCCCCCCCCCC(=O)NC(COP(=O)([O-])OCC[N+](C)(C)C)C(O)/C=C/CC/C=C/CC/C=C/CCCCCCCC. The van der Waals surface area contributed by atoms with Crippen LogP contribution < -0.4 is 10.2 Å². The van der Waals surface area contributed by atoms with Gasteiger partial charge in [-0.05, 0) is 116 Å². The molecule has 0 aliphatic carbocycles. The minimum atomic E-state index is -4.62. The molecule has 1 amide bonds. The summed E-state index contributed by atoms with van der Waals surface area (Å²) < 4.78 is 23.3. The van der Waals surface area contributed by atoms with Crippen LogP contribution in [0.25, 0.3) is 0 Å². The van der Waals surface area contributed by atoms with Crippen molar-refractivity contribution in [3.63, 3.8) is 0 Å². The Kier molecular flexibility index (Phi) is 54.4. The summed E-state index contributed by atoms with van der Waals surface area (Å²) in [5, 5.41) is 13.8. The van der Waals surface area contributed by atoms with E-state index in [-0.39, 0.29) is 12.5 Å². The Bertz CT molecular complexity index is 1760. The van der Waals surface area contributed by atoms with Crippen molar-refractivity contribution in [2.45, 2.75) is 238 Å². The predicted molar refractivity (Wildman–Crippen MR) is 334 cm³/mol. The number of hydrogen-bond donors (Lipinski definition) is 2. The maximum atomic E-state index is 13.0. The molecular formula is C68H115N2O6P. The maximum absolute atomic E-state index is 13.0. The molecule has 0 aliphatic heterocycles. The number of hydrogen-bond acceptors (Lipinski definition) is 6. The highest BCUT2D eigenvalue weighted by atomic mass is 31.2. The molecule has 77 heavy (non-hydrogen) atoms. The van der Waals surface area contributed by atoms with Gasteiger partial charge in [0.2, 0.25) is 5.91 Å². The van der Waals surface area contributed by atoms with Gasteiger partial charge in [-0.15, -0.1) is 0 Å². The molecule has 0 aliphatic rings. The molecule has 2 N–H and O–H groups in total. The highest BCUT2D eigenvalue weighted by Gasteiger charge is 2.23. The van der Waals surface area contributed by atoms with Crippen molar-refractivity contribution < 1.29 is 32.9 Å². The van der Waals surface area contributed by atoms with Crippen LogP contribution in [0.4, 0.5) is 0 Å². The van der Waals surface area contributed by atoms with Crippen LogP contribution in [0, 0.1) is 0 Å². The van der Waals surface area contributed by atoms with Gasteiger partial charge in [0.25, 0.3) is 7.82 Å². The monoisotopic (exact) mass is 1090 g/mol. The summed E-state index contributed by atoms with van der Waals surface area (Å²) in [5.41, 5.74) is 0. The first-order valence-corrected chi connectivity index (χ1v) is 32.2. The molecule has 0 saturated heterocycles. The molecule has 0 aromatic carbocycles. The van der Waals surface area contributed by atoms with Crippen LogP contribution in [-0.4, -0.2) is 68.5 Å². The van der Waals surface area contributed by atoms with E-state index in [4.69, 9.17) is 9.05 Å². The second-order valence-corrected chi connectivity index (χ2v) is 22.7. The Morgan fingerprint density at radius 2 is 0.805 bits per heavy atom. The van der Waals surface area contributed by atoms with Crippen LogP contribution in [-0.2, 0) is 18.4 Å². The lowest BCUT2D eigenvalue weighted by molar-refractivity contribution is -0.870. The zero-order chi connectivity index (χ0) is 56.3. The number of allylic oxidation sites excluding steroid dienone is 23. The van der Waals surface area contributed by atoms with Crippen LogP contribution in [0.2, 0.25) is 0 Å². The van der Waals surface area contributed by atoms with Gasteiger partial charge in [-0.3, -0.25) is 9.36 Å². The van der Waals surface area contributed by atoms with Gasteiger partial charge in [-0.1, -0.05) is 250 Å². The fourth-order valence-electron chi connectivity index (χ4n) is 8.00. The van der Waals surface area contributed by atoms with E-state index in [1.165, 1.54) is 96.3 Å². The largest absolute Gasteiger partial charge is 0.756 e. The Hall–Kier alpha value is -3.62. The van der Waals surface area contributed by atoms with Crippen LogP contribution in [0.1, 0.15) is 226 Å². The summed E-state index contributed by atoms with van der Waals surface area (Å²) in [6.45, 7) is 4.48. The third-order valence-corrected chi connectivity index (χ3v) is 13.7. The van der Waals surface area contributed by atoms with Gasteiger partial charge in [0, 0.05) is 6.42 Å². The van der Waals surface area contributed by atoms with Gasteiger partial charge in [-0.2, -0.15) is 0 Å². The zero-order valence-electron chi connectivity index (χ0n) is 49.8. The van der Waals surface area contributed by atoms with E-state index >= 15 is 0 Å². The summed E-state index contributed by atoms with van der Waals surface area (Å²) in [6.07, 6.45) is 87.9. The number of quaternary nitrogens is 1. The van der Waals surface area contributed by atoms with Crippen molar-refractivity contribution >= 4 is 13.7 Å². The molecule has 0 heterocycles. The number of nitrogens with one attached hydrogen (secondary N) is 1. The normalized spacial score (nSPS) is 14.8. The van der Waals surface area contributed by atoms with E-state index in [0.29, 0.717) is 17.4 Å². The highest BCUT2D eigenvalue weighted by Crippen LogP contribution is 2.38. The van der Waals surface area contributed by atoms with E-state index in [9.17, 15) is 19.4 Å². The summed E-state index contributed by atoms with van der Waals surface area (Å²) in [5.74, 6) is -0.221.